The molecule has 0 aromatic heterocycles. The highest BCUT2D eigenvalue weighted by molar-refractivity contribution is 14.0. The molecule has 1 aliphatic heterocycles. The van der Waals surface area contributed by atoms with Crippen LogP contribution in [0.3, 0.4) is 0 Å². The van der Waals surface area contributed by atoms with E-state index >= 15 is 0 Å². The van der Waals surface area contributed by atoms with Gasteiger partial charge in [-0.05, 0) is 30.9 Å². The Labute approximate surface area is 185 Å². The van der Waals surface area contributed by atoms with Crippen molar-refractivity contribution in [2.45, 2.75) is 24.7 Å². The molecule has 0 bridgehead atoms. The van der Waals surface area contributed by atoms with Crippen molar-refractivity contribution in [1.29, 1.82) is 0 Å². The number of guanidine groups is 1. The maximum absolute atomic E-state index is 12.6. The third kappa shape index (κ3) is 7.33. The molecule has 1 saturated heterocycles. The number of aliphatic imine (C=N–C) groups is 1. The normalized spacial score (nSPS) is 17.3. The van der Waals surface area contributed by atoms with Crippen molar-refractivity contribution in [3.63, 3.8) is 0 Å². The van der Waals surface area contributed by atoms with Crippen molar-refractivity contribution in [1.82, 2.24) is 4.31 Å². The molecule has 0 radical (unpaired) electrons. The van der Waals surface area contributed by atoms with Gasteiger partial charge < -0.3 is 15.8 Å². The van der Waals surface area contributed by atoms with Crippen LogP contribution in [-0.2, 0) is 10.0 Å². The summed E-state index contributed by atoms with van der Waals surface area (Å²) in [5.74, 6) is -0.950. The molecule has 0 spiro atoms. The van der Waals surface area contributed by atoms with E-state index in [0.29, 0.717) is 4.31 Å². The highest BCUT2D eigenvalue weighted by Crippen LogP contribution is 2.31. The van der Waals surface area contributed by atoms with Crippen molar-refractivity contribution >= 4 is 45.6 Å². The van der Waals surface area contributed by atoms with E-state index in [4.69, 9.17) is 5.73 Å². The van der Waals surface area contributed by atoms with E-state index in [-0.39, 0.29) is 74.0 Å². The molecule has 3 N–H and O–H groups in total. The number of ether oxygens (including phenoxy) is 1. The lowest BCUT2D eigenvalue weighted by molar-refractivity contribution is -0.274. The van der Waals surface area contributed by atoms with Gasteiger partial charge in [-0.1, -0.05) is 12.1 Å². The molecule has 1 aromatic rings. The first-order valence-corrected chi connectivity index (χ1v) is 9.72. The summed E-state index contributed by atoms with van der Waals surface area (Å²) in [6.45, 7) is -0.545. The highest BCUT2D eigenvalue weighted by Gasteiger charge is 2.50. The van der Waals surface area contributed by atoms with Crippen molar-refractivity contribution in [3.05, 3.63) is 24.3 Å². The van der Waals surface area contributed by atoms with Crippen molar-refractivity contribution in [2.75, 3.05) is 25.0 Å². The van der Waals surface area contributed by atoms with Gasteiger partial charge in [-0.15, -0.1) is 37.1 Å². The molecule has 15 heteroatoms. The van der Waals surface area contributed by atoms with Crippen LogP contribution in [0, 0.1) is 5.92 Å². The van der Waals surface area contributed by atoms with Crippen LogP contribution in [0.1, 0.15) is 12.8 Å². The monoisotopic (exact) mass is 576 g/mol. The van der Waals surface area contributed by atoms with Gasteiger partial charge in [-0.2, -0.15) is 17.5 Å². The SMILES string of the molecule is I.NC(=NCC1CCN(S(=O)(=O)C(F)(F)F)CC1)Nc1ccccc1OC(F)(F)F. The minimum absolute atomic E-state index is 0. The number of halogens is 7. The molecule has 1 fully saturated rings. The average molecular weight is 576 g/mol. The maximum atomic E-state index is 12.6. The van der Waals surface area contributed by atoms with Gasteiger partial charge in [-0.3, -0.25) is 4.99 Å². The Bertz CT molecular complexity index is 840. The fourth-order valence-electron chi connectivity index (χ4n) is 2.67. The van der Waals surface area contributed by atoms with E-state index in [2.05, 4.69) is 15.0 Å². The van der Waals surface area contributed by atoms with Crippen molar-refractivity contribution < 1.29 is 39.5 Å². The Kier molecular flexibility index (Phi) is 9.04. The third-order valence-electron chi connectivity index (χ3n) is 4.10. The Morgan fingerprint density at radius 1 is 1.17 bits per heavy atom. The van der Waals surface area contributed by atoms with E-state index in [1.165, 1.54) is 18.2 Å². The number of nitrogens with one attached hydrogen (secondary N) is 1. The van der Waals surface area contributed by atoms with Crippen LogP contribution < -0.4 is 15.8 Å². The lowest BCUT2D eigenvalue weighted by atomic mass is 9.98. The summed E-state index contributed by atoms with van der Waals surface area (Å²) < 4.78 is 102. The smallest absolute Gasteiger partial charge is 0.404 e. The van der Waals surface area contributed by atoms with E-state index in [1.807, 2.05) is 0 Å². The molecular formula is C15H19F6IN4O3S. The number of hydrogen-bond donors (Lipinski definition) is 2. The maximum Gasteiger partial charge on any atom is 0.573 e. The van der Waals surface area contributed by atoms with Crippen molar-refractivity contribution in [3.8, 4) is 5.75 Å². The van der Waals surface area contributed by atoms with Crippen LogP contribution in [0.15, 0.2) is 29.3 Å². The Balaban J connectivity index is 0.00000450. The number of benzene rings is 1. The van der Waals surface area contributed by atoms with Gasteiger partial charge in [-0.25, -0.2) is 8.42 Å². The summed E-state index contributed by atoms with van der Waals surface area (Å²) in [6, 6.07) is 5.17. The molecule has 30 heavy (non-hydrogen) atoms. The number of sulfonamides is 1. The molecule has 1 aromatic carbocycles. The molecule has 1 aliphatic rings. The number of rotatable bonds is 5. The van der Waals surface area contributed by atoms with E-state index in [9.17, 15) is 34.8 Å². The average Bonchev–Trinajstić information content (AvgIpc) is 2.60. The topological polar surface area (TPSA) is 97.0 Å². The van der Waals surface area contributed by atoms with Gasteiger partial charge in [0.2, 0.25) is 0 Å². The molecule has 1 heterocycles. The first kappa shape index (κ1) is 26.5. The molecule has 0 unspecified atom stereocenters. The molecule has 0 amide bonds. The molecule has 7 nitrogen and oxygen atoms in total. The second-order valence-electron chi connectivity index (χ2n) is 6.19. The Morgan fingerprint density at radius 2 is 1.73 bits per heavy atom. The van der Waals surface area contributed by atoms with E-state index in [1.54, 1.807) is 0 Å². The van der Waals surface area contributed by atoms with E-state index in [0.717, 1.165) is 6.07 Å². The second-order valence-corrected chi connectivity index (χ2v) is 8.12. The lowest BCUT2D eigenvalue weighted by Crippen LogP contribution is -2.45. The minimum atomic E-state index is -5.36. The number of para-hydroxylation sites is 2. The highest BCUT2D eigenvalue weighted by atomic mass is 127. The number of nitrogens with two attached hydrogens (primary N) is 1. The van der Waals surface area contributed by atoms with Crippen LogP contribution in [0.5, 0.6) is 5.75 Å². The van der Waals surface area contributed by atoms with Gasteiger partial charge >= 0.3 is 21.9 Å². The molecule has 0 aliphatic carbocycles. The summed E-state index contributed by atoms with van der Waals surface area (Å²) in [6.07, 6.45) is -4.62. The number of alkyl halides is 6. The van der Waals surface area contributed by atoms with Gasteiger partial charge in [0.05, 0.1) is 5.69 Å². The number of hydrogen-bond acceptors (Lipinski definition) is 4. The molecule has 0 atom stereocenters. The summed E-state index contributed by atoms with van der Waals surface area (Å²) >= 11 is 0. The van der Waals surface area contributed by atoms with Crippen LogP contribution >= 0.6 is 24.0 Å². The van der Waals surface area contributed by atoms with Gasteiger partial charge in [0.25, 0.3) is 0 Å². The Morgan fingerprint density at radius 3 is 2.27 bits per heavy atom. The number of anilines is 1. The van der Waals surface area contributed by atoms with Crippen LogP contribution in [0.4, 0.5) is 32.0 Å². The fourth-order valence-corrected chi connectivity index (χ4v) is 3.65. The lowest BCUT2D eigenvalue weighted by Gasteiger charge is -2.30. The predicted octanol–water partition coefficient (Wildman–Crippen LogP) is 3.49. The van der Waals surface area contributed by atoms with Gasteiger partial charge in [0, 0.05) is 19.6 Å². The van der Waals surface area contributed by atoms with Gasteiger partial charge in [0.1, 0.15) is 0 Å². The third-order valence-corrected chi connectivity index (χ3v) is 5.73. The zero-order valence-electron chi connectivity index (χ0n) is 15.2. The van der Waals surface area contributed by atoms with Crippen LogP contribution in [0.2, 0.25) is 0 Å². The molecule has 2 rings (SSSR count). The van der Waals surface area contributed by atoms with Crippen molar-refractivity contribution in [2.24, 2.45) is 16.6 Å². The summed E-state index contributed by atoms with van der Waals surface area (Å²) in [5.41, 5.74) is 0.235. The molecule has 0 saturated carbocycles. The van der Waals surface area contributed by atoms with Crippen LogP contribution in [-0.4, -0.2) is 50.2 Å². The number of nitrogens with zero attached hydrogens (tertiary/aromatic N) is 2. The molecule has 172 valence electrons. The largest absolute Gasteiger partial charge is 0.573 e. The summed E-state index contributed by atoms with van der Waals surface area (Å²) in [4.78, 5) is 3.97. The minimum Gasteiger partial charge on any atom is -0.404 e. The second kappa shape index (κ2) is 10.2. The fraction of sp³-hybridized carbons (Fsp3) is 0.533. The molecular weight excluding hydrogens is 557 g/mol. The zero-order valence-corrected chi connectivity index (χ0v) is 18.3. The summed E-state index contributed by atoms with van der Waals surface area (Å²) in [5, 5.41) is 2.47. The quantitative estimate of drug-likeness (QED) is 0.242. The predicted molar refractivity (Wildman–Crippen MR) is 108 cm³/mol. The Hall–Kier alpha value is -1.49. The summed E-state index contributed by atoms with van der Waals surface area (Å²) in [7, 11) is -5.36. The number of piperidine rings is 1. The first-order chi connectivity index (χ1) is 13.3. The van der Waals surface area contributed by atoms with Gasteiger partial charge in [0.15, 0.2) is 11.7 Å². The van der Waals surface area contributed by atoms with Crippen LogP contribution in [0.25, 0.3) is 0 Å². The first-order valence-electron chi connectivity index (χ1n) is 8.28. The zero-order chi connectivity index (χ0) is 21.9. The standard InChI is InChI=1S/C15H18F6N4O3S.HI/c16-14(17,18)28-12-4-2-1-3-11(12)24-13(22)23-9-10-5-7-25(8-6-10)29(26,27)15(19,20)21;/h1-4,10H,5-9H2,(H3,22,23,24);1H. The van der Waals surface area contributed by atoms with E-state index < -0.39 is 27.6 Å².